The largest absolute Gasteiger partial charge is 0.124 e. The minimum atomic E-state index is 0.800. The molecule has 1 aliphatic carbocycles. The molecule has 0 saturated heterocycles. The van der Waals surface area contributed by atoms with Gasteiger partial charge in [-0.05, 0) is 65.2 Å². The zero-order valence-electron chi connectivity index (χ0n) is 17.8. The van der Waals surface area contributed by atoms with Gasteiger partial charge >= 0.3 is 0 Å². The smallest absolute Gasteiger partial charge is 0.00941 e. The van der Waals surface area contributed by atoms with Crippen LogP contribution in [0.15, 0.2) is 85.5 Å². The number of allylic oxidation sites excluding steroid dienone is 8. The third kappa shape index (κ3) is 6.00. The summed E-state index contributed by atoms with van der Waals surface area (Å²) < 4.78 is 0. The molecule has 0 atom stereocenters. The molecule has 0 amide bonds. The maximum Gasteiger partial charge on any atom is -0.00941 e. The van der Waals surface area contributed by atoms with Gasteiger partial charge < -0.3 is 0 Å². The monoisotopic (exact) mass is 370 g/mol. The Labute approximate surface area is 173 Å². The van der Waals surface area contributed by atoms with Crippen molar-refractivity contribution < 1.29 is 0 Å². The van der Waals surface area contributed by atoms with Crippen molar-refractivity contribution in [1.29, 1.82) is 0 Å². The Balaban J connectivity index is 0.00000171. The highest BCUT2D eigenvalue weighted by Gasteiger charge is 2.18. The maximum atomic E-state index is 4.05. The van der Waals surface area contributed by atoms with E-state index in [2.05, 4.69) is 76.4 Å². The van der Waals surface area contributed by atoms with Crippen molar-refractivity contribution in [3.63, 3.8) is 0 Å². The normalized spacial score (nSPS) is 13.0. The van der Waals surface area contributed by atoms with Gasteiger partial charge in [0.2, 0.25) is 0 Å². The predicted octanol–water partition coefficient (Wildman–Crippen LogP) is 8.43. The molecule has 0 nitrogen and oxygen atoms in total. The predicted molar refractivity (Wildman–Crippen MR) is 131 cm³/mol. The fraction of sp³-hybridized carbons (Fsp3) is 0.214. The second-order valence-corrected chi connectivity index (χ2v) is 5.92. The van der Waals surface area contributed by atoms with Crippen molar-refractivity contribution in [2.24, 2.45) is 0 Å². The van der Waals surface area contributed by atoms with E-state index in [1.54, 1.807) is 0 Å². The minimum Gasteiger partial charge on any atom is -0.124 e. The average Bonchev–Trinajstić information content (AvgIpc) is 2.77. The molecule has 0 saturated carbocycles. The standard InChI is InChI=1S/C24H26.C2H6.C2H2/c1-6-13-20(8-3)24(22-16-11-10-14-18(22)5)23-17-12-15-19(7-2)21(23)9-4;2*1-2/h6-10,12,14-15,17H,1-4,11,13,16H2,5H3;1-2H3;1-2H/b24-20+;;. The van der Waals surface area contributed by atoms with Crippen LogP contribution in [0, 0.1) is 12.8 Å². The second kappa shape index (κ2) is 14.1. The van der Waals surface area contributed by atoms with Crippen LogP contribution in [-0.4, -0.2) is 0 Å². The van der Waals surface area contributed by atoms with Crippen LogP contribution < -0.4 is 0 Å². The van der Waals surface area contributed by atoms with Crippen LogP contribution >= 0.6 is 0 Å². The molecule has 28 heavy (non-hydrogen) atoms. The Morgan fingerprint density at radius 2 is 1.75 bits per heavy atom. The Hall–Kier alpha value is -3.04. The molecule has 0 spiro atoms. The van der Waals surface area contributed by atoms with E-state index in [9.17, 15) is 0 Å². The molecule has 0 bridgehead atoms. The van der Waals surface area contributed by atoms with Crippen molar-refractivity contribution in [1.82, 2.24) is 0 Å². The first-order chi connectivity index (χ1) is 13.7. The van der Waals surface area contributed by atoms with Gasteiger partial charge in [0.1, 0.15) is 0 Å². The lowest BCUT2D eigenvalue weighted by Crippen LogP contribution is -2.02. The van der Waals surface area contributed by atoms with Crippen LogP contribution in [0.25, 0.3) is 17.7 Å². The molecule has 0 heterocycles. The van der Waals surface area contributed by atoms with Crippen molar-refractivity contribution in [2.75, 3.05) is 0 Å². The molecule has 2 rings (SSSR count). The number of hydrogen-bond acceptors (Lipinski definition) is 0. The topological polar surface area (TPSA) is 0 Å². The average molecular weight is 371 g/mol. The molecule has 1 aliphatic rings. The molecule has 0 radical (unpaired) electrons. The summed E-state index contributed by atoms with van der Waals surface area (Å²) in [7, 11) is 0. The van der Waals surface area contributed by atoms with Gasteiger partial charge in [0.05, 0.1) is 0 Å². The van der Waals surface area contributed by atoms with Crippen LogP contribution in [0.2, 0.25) is 0 Å². The Morgan fingerprint density at radius 3 is 2.25 bits per heavy atom. The fourth-order valence-corrected chi connectivity index (χ4v) is 3.29. The second-order valence-electron chi connectivity index (χ2n) is 5.92. The minimum absolute atomic E-state index is 0.800. The molecule has 0 N–H and O–H groups in total. The molecule has 146 valence electrons. The van der Waals surface area contributed by atoms with Crippen LogP contribution in [-0.2, 0) is 0 Å². The number of hydrogen-bond donors (Lipinski definition) is 0. The molecule has 0 unspecified atom stereocenters. The third-order valence-electron chi connectivity index (χ3n) is 4.47. The Kier molecular flexibility index (Phi) is 12.5. The molecular weight excluding hydrogens is 336 g/mol. The van der Waals surface area contributed by atoms with E-state index in [0.29, 0.717) is 0 Å². The van der Waals surface area contributed by atoms with E-state index < -0.39 is 0 Å². The van der Waals surface area contributed by atoms with Crippen LogP contribution in [0.5, 0.6) is 0 Å². The first-order valence-corrected chi connectivity index (χ1v) is 9.72. The van der Waals surface area contributed by atoms with Gasteiger partial charge in [0.15, 0.2) is 0 Å². The van der Waals surface area contributed by atoms with E-state index in [0.717, 1.165) is 30.4 Å². The number of benzene rings is 1. The zero-order chi connectivity index (χ0) is 21.5. The zero-order valence-corrected chi connectivity index (χ0v) is 17.8. The molecule has 0 fully saturated rings. The molecule has 1 aromatic carbocycles. The quantitative estimate of drug-likeness (QED) is 0.257. The van der Waals surface area contributed by atoms with Gasteiger partial charge in [0, 0.05) is 0 Å². The van der Waals surface area contributed by atoms with Crippen molar-refractivity contribution in [3.05, 3.63) is 102 Å². The Bertz CT molecular complexity index is 804. The molecule has 0 aliphatic heterocycles. The lowest BCUT2D eigenvalue weighted by Gasteiger charge is -2.22. The molecular formula is C28H34. The van der Waals surface area contributed by atoms with Crippen LogP contribution in [0.1, 0.15) is 56.7 Å². The fourth-order valence-electron chi connectivity index (χ4n) is 3.29. The highest BCUT2D eigenvalue weighted by molar-refractivity contribution is 5.90. The third-order valence-corrected chi connectivity index (χ3v) is 4.47. The van der Waals surface area contributed by atoms with Gasteiger partial charge in [-0.3, -0.25) is 0 Å². The Morgan fingerprint density at radius 1 is 1.07 bits per heavy atom. The van der Waals surface area contributed by atoms with Gasteiger partial charge in [0.25, 0.3) is 0 Å². The SMILES string of the molecule is C#C.C=CC/C(C=C)=C(\C1=C(C)C=CCC1)c1cccc(C=C)c1C=C.CC. The first-order valence-electron chi connectivity index (χ1n) is 9.72. The number of rotatable bonds is 7. The summed E-state index contributed by atoms with van der Waals surface area (Å²) in [5, 5.41) is 0. The van der Waals surface area contributed by atoms with E-state index in [1.165, 1.54) is 27.9 Å². The van der Waals surface area contributed by atoms with E-state index in [-0.39, 0.29) is 0 Å². The maximum absolute atomic E-state index is 4.05. The summed E-state index contributed by atoms with van der Waals surface area (Å²) in [5.41, 5.74) is 8.61. The van der Waals surface area contributed by atoms with E-state index >= 15 is 0 Å². The van der Waals surface area contributed by atoms with Gasteiger partial charge in [-0.15, -0.1) is 19.4 Å². The summed E-state index contributed by atoms with van der Waals surface area (Å²) in [6.45, 7) is 22.1. The van der Waals surface area contributed by atoms with Crippen LogP contribution in [0.3, 0.4) is 0 Å². The van der Waals surface area contributed by atoms with Crippen molar-refractivity contribution in [3.8, 4) is 12.8 Å². The summed E-state index contributed by atoms with van der Waals surface area (Å²) >= 11 is 0. The lowest BCUT2D eigenvalue weighted by molar-refractivity contribution is 0.971. The first kappa shape index (κ1) is 25.0. The summed E-state index contributed by atoms with van der Waals surface area (Å²) in [4.78, 5) is 0. The molecule has 1 aromatic rings. The highest BCUT2D eigenvalue weighted by atomic mass is 14.2. The van der Waals surface area contributed by atoms with Gasteiger partial charge in [-0.2, -0.15) is 0 Å². The van der Waals surface area contributed by atoms with Gasteiger partial charge in [-0.25, -0.2) is 0 Å². The molecule has 0 aromatic heterocycles. The summed E-state index contributed by atoms with van der Waals surface area (Å²) in [6, 6.07) is 6.33. The van der Waals surface area contributed by atoms with Crippen LogP contribution in [0.4, 0.5) is 0 Å². The van der Waals surface area contributed by atoms with E-state index in [4.69, 9.17) is 0 Å². The van der Waals surface area contributed by atoms with Crippen molar-refractivity contribution >= 4 is 17.7 Å². The lowest BCUT2D eigenvalue weighted by atomic mass is 9.82. The van der Waals surface area contributed by atoms with Gasteiger partial charge in [-0.1, -0.05) is 88.2 Å². The highest BCUT2D eigenvalue weighted by Crippen LogP contribution is 2.38. The molecule has 0 heteroatoms. The summed E-state index contributed by atoms with van der Waals surface area (Å²) in [6.07, 6.45) is 23.1. The van der Waals surface area contributed by atoms with Crippen molar-refractivity contribution in [2.45, 2.75) is 40.0 Å². The number of terminal acetylenes is 1. The van der Waals surface area contributed by atoms with E-state index in [1.807, 2.05) is 38.2 Å². The summed E-state index contributed by atoms with van der Waals surface area (Å²) in [5.74, 6) is 0.